The zero-order valence-corrected chi connectivity index (χ0v) is 24.8. The average molecular weight is 590 g/mol. The van der Waals surface area contributed by atoms with Crippen molar-refractivity contribution in [1.29, 1.82) is 0 Å². The van der Waals surface area contributed by atoms with Crippen LogP contribution in [0.3, 0.4) is 0 Å². The fourth-order valence-electron chi connectivity index (χ4n) is 3.54. The Hall–Kier alpha value is -2.88. The van der Waals surface area contributed by atoms with E-state index in [0.717, 1.165) is 4.90 Å². The van der Waals surface area contributed by atoms with Crippen molar-refractivity contribution in [2.24, 2.45) is 5.41 Å². The van der Waals surface area contributed by atoms with Gasteiger partial charge in [-0.3, -0.25) is 28.9 Å². The standard InChI is InChI=1S/C25H43N5O9S/c1-6-25(2,3)24(35)28-19(23(34)27-10-14-30(4,5)13-7-17-40(36,37)38)18-20(31)26-11-15-39-16-12-29-21(32)8-9-22(29)33/h8-9,19H,6-7,10-18H2,1-5H3,(H3-,26,27,28,31,34,35,36,37,38). The Morgan fingerprint density at radius 1 is 1.05 bits per heavy atom. The number of hydrogen-bond donors (Lipinski definition) is 3. The van der Waals surface area contributed by atoms with Crippen LogP contribution < -0.4 is 16.0 Å². The van der Waals surface area contributed by atoms with Crippen molar-refractivity contribution in [3.63, 3.8) is 0 Å². The van der Waals surface area contributed by atoms with Gasteiger partial charge in [-0.2, -0.15) is 0 Å². The topological polar surface area (TPSA) is 191 Å². The van der Waals surface area contributed by atoms with Gasteiger partial charge in [-0.05, 0) is 6.42 Å². The van der Waals surface area contributed by atoms with Crippen molar-refractivity contribution in [2.75, 3.05) is 65.8 Å². The summed E-state index contributed by atoms with van der Waals surface area (Å²) in [5.74, 6) is -2.67. The summed E-state index contributed by atoms with van der Waals surface area (Å²) in [6.45, 7) is 6.77. The normalized spacial score (nSPS) is 14.8. The second kappa shape index (κ2) is 15.8. The van der Waals surface area contributed by atoms with Crippen LogP contribution in [0, 0.1) is 5.41 Å². The third-order valence-electron chi connectivity index (χ3n) is 6.61. The van der Waals surface area contributed by atoms with Gasteiger partial charge < -0.3 is 29.7 Å². The Labute approximate surface area is 236 Å². The number of carbonyl (C=O) groups excluding carboxylic acids is 5. The molecule has 0 aromatic carbocycles. The summed E-state index contributed by atoms with van der Waals surface area (Å²) in [6, 6.07) is -1.12. The van der Waals surface area contributed by atoms with E-state index >= 15 is 0 Å². The van der Waals surface area contributed by atoms with Crippen molar-refractivity contribution in [1.82, 2.24) is 20.9 Å². The van der Waals surface area contributed by atoms with Crippen LogP contribution in [0.1, 0.15) is 40.0 Å². The van der Waals surface area contributed by atoms with Crippen molar-refractivity contribution in [2.45, 2.75) is 46.1 Å². The van der Waals surface area contributed by atoms with E-state index in [1.165, 1.54) is 12.2 Å². The second-order valence-electron chi connectivity index (χ2n) is 10.9. The molecule has 5 amide bonds. The lowest BCUT2D eigenvalue weighted by Gasteiger charge is -2.30. The zero-order valence-electron chi connectivity index (χ0n) is 24.0. The minimum atomic E-state index is -4.29. The summed E-state index contributed by atoms with van der Waals surface area (Å²) in [5.41, 5.74) is -0.753. The van der Waals surface area contributed by atoms with Crippen molar-refractivity contribution in [3.8, 4) is 0 Å². The molecule has 0 fully saturated rings. The molecule has 1 rings (SSSR count). The monoisotopic (exact) mass is 589 g/mol. The van der Waals surface area contributed by atoms with E-state index in [9.17, 15) is 36.9 Å². The molecule has 14 nitrogen and oxygen atoms in total. The zero-order chi connectivity index (χ0) is 30.6. The lowest BCUT2D eigenvalue weighted by atomic mass is 9.89. The van der Waals surface area contributed by atoms with E-state index in [2.05, 4.69) is 16.0 Å². The van der Waals surface area contributed by atoms with Crippen LogP contribution in [0.15, 0.2) is 12.2 Å². The SMILES string of the molecule is CCC(C)(C)C(=O)NC(CC(=O)NCCOCCN1C(=O)C=CC1=O)C(=O)NCC[N+](C)(C)CCCS(=O)(=O)[O-]. The van der Waals surface area contributed by atoms with Gasteiger partial charge in [-0.15, -0.1) is 0 Å². The predicted molar refractivity (Wildman–Crippen MR) is 144 cm³/mol. The number of nitrogens with one attached hydrogen (secondary N) is 3. The van der Waals surface area contributed by atoms with E-state index in [-0.39, 0.29) is 51.6 Å². The number of ether oxygens (including phenoxy) is 1. The van der Waals surface area contributed by atoms with Crippen molar-refractivity contribution in [3.05, 3.63) is 12.2 Å². The number of carbonyl (C=O) groups is 5. The van der Waals surface area contributed by atoms with Crippen LogP contribution in [0.5, 0.6) is 0 Å². The van der Waals surface area contributed by atoms with Gasteiger partial charge in [0.25, 0.3) is 11.8 Å². The number of quaternary nitrogens is 1. The molecule has 15 heteroatoms. The quantitative estimate of drug-likeness (QED) is 0.0695. The fourth-order valence-corrected chi connectivity index (χ4v) is 4.02. The third-order valence-corrected chi connectivity index (χ3v) is 7.40. The van der Waals surface area contributed by atoms with Crippen LogP contribution in [-0.4, -0.2) is 124 Å². The molecule has 1 heterocycles. The van der Waals surface area contributed by atoms with E-state index in [0.29, 0.717) is 24.0 Å². The molecule has 3 N–H and O–H groups in total. The van der Waals surface area contributed by atoms with E-state index in [1.54, 1.807) is 13.8 Å². The lowest BCUT2D eigenvalue weighted by molar-refractivity contribution is -0.889. The maximum absolute atomic E-state index is 12.9. The summed E-state index contributed by atoms with van der Waals surface area (Å²) in [5, 5.41) is 8.01. The molecule has 0 spiro atoms. The van der Waals surface area contributed by atoms with E-state index in [4.69, 9.17) is 4.74 Å². The molecule has 1 aliphatic rings. The predicted octanol–water partition coefficient (Wildman–Crippen LogP) is -1.52. The van der Waals surface area contributed by atoms with Crippen LogP contribution >= 0.6 is 0 Å². The second-order valence-corrected chi connectivity index (χ2v) is 12.4. The molecular weight excluding hydrogens is 546 g/mol. The van der Waals surface area contributed by atoms with Crippen molar-refractivity contribution < 1.29 is 46.2 Å². The molecule has 0 aromatic rings. The van der Waals surface area contributed by atoms with Crippen LogP contribution in [0.25, 0.3) is 0 Å². The highest BCUT2D eigenvalue weighted by Gasteiger charge is 2.31. The summed E-state index contributed by atoms with van der Waals surface area (Å²) in [4.78, 5) is 62.3. The summed E-state index contributed by atoms with van der Waals surface area (Å²) in [6.07, 6.45) is 2.77. The van der Waals surface area contributed by atoms with E-state index in [1.807, 2.05) is 21.0 Å². The molecule has 40 heavy (non-hydrogen) atoms. The molecule has 0 bridgehead atoms. The molecule has 0 saturated heterocycles. The van der Waals surface area contributed by atoms with Crippen molar-refractivity contribution >= 4 is 39.7 Å². The number of rotatable bonds is 19. The fraction of sp³-hybridized carbons (Fsp3) is 0.720. The van der Waals surface area contributed by atoms with Gasteiger partial charge in [0, 0.05) is 36.3 Å². The number of hydrogen-bond acceptors (Lipinski definition) is 9. The number of nitrogens with zero attached hydrogens (tertiary/aromatic N) is 2. The number of imide groups is 1. The molecule has 1 aliphatic heterocycles. The summed E-state index contributed by atoms with van der Waals surface area (Å²) < 4.78 is 38.2. The van der Waals surface area contributed by atoms with Gasteiger partial charge in [0.2, 0.25) is 17.7 Å². The molecule has 0 saturated carbocycles. The largest absolute Gasteiger partial charge is 0.748 e. The minimum absolute atomic E-state index is 0.0906. The molecule has 0 aromatic heterocycles. The van der Waals surface area contributed by atoms with Crippen LogP contribution in [0.4, 0.5) is 0 Å². The van der Waals surface area contributed by atoms with Crippen LogP contribution in [-0.2, 0) is 38.8 Å². The Morgan fingerprint density at radius 3 is 2.25 bits per heavy atom. The molecule has 1 unspecified atom stereocenters. The molecule has 228 valence electrons. The maximum atomic E-state index is 12.9. The summed E-state index contributed by atoms with van der Waals surface area (Å²) >= 11 is 0. The first-order valence-corrected chi connectivity index (χ1v) is 14.8. The maximum Gasteiger partial charge on any atom is 0.253 e. The van der Waals surface area contributed by atoms with Gasteiger partial charge in [0.15, 0.2) is 0 Å². The van der Waals surface area contributed by atoms with Gasteiger partial charge in [0.1, 0.15) is 6.04 Å². The highest BCUT2D eigenvalue weighted by molar-refractivity contribution is 7.85. The third kappa shape index (κ3) is 13.5. The Kier molecular flexibility index (Phi) is 13.9. The Bertz CT molecular complexity index is 1040. The Morgan fingerprint density at radius 2 is 1.68 bits per heavy atom. The van der Waals surface area contributed by atoms with E-state index < -0.39 is 51.0 Å². The number of likely N-dealkylation sites (N-methyl/N-ethyl adjacent to an activating group) is 1. The molecule has 0 radical (unpaired) electrons. The van der Waals surface area contributed by atoms with Gasteiger partial charge >= 0.3 is 0 Å². The van der Waals surface area contributed by atoms with Gasteiger partial charge in [-0.25, -0.2) is 8.42 Å². The van der Waals surface area contributed by atoms with Crippen LogP contribution in [0.2, 0.25) is 0 Å². The minimum Gasteiger partial charge on any atom is -0.748 e. The number of amides is 5. The highest BCUT2D eigenvalue weighted by atomic mass is 32.2. The van der Waals surface area contributed by atoms with Gasteiger partial charge in [0.05, 0.1) is 70.0 Å². The smallest absolute Gasteiger partial charge is 0.253 e. The molecule has 1 atom stereocenters. The first kappa shape index (κ1) is 35.1. The first-order valence-electron chi connectivity index (χ1n) is 13.2. The van der Waals surface area contributed by atoms with Gasteiger partial charge in [-0.1, -0.05) is 20.8 Å². The average Bonchev–Trinajstić information content (AvgIpc) is 3.16. The lowest BCUT2D eigenvalue weighted by Crippen LogP contribution is -2.54. The Balaban J connectivity index is 2.56. The summed E-state index contributed by atoms with van der Waals surface area (Å²) in [7, 11) is -0.626. The molecular formula is C25H43N5O9S. The molecule has 0 aliphatic carbocycles. The highest BCUT2D eigenvalue weighted by Crippen LogP contribution is 2.20. The first-order chi connectivity index (χ1) is 18.5.